The van der Waals surface area contributed by atoms with Gasteiger partial charge < -0.3 is 20.7 Å². The number of likely N-dealkylation sites (N-methyl/N-ethyl adjacent to an activating group) is 1. The van der Waals surface area contributed by atoms with Crippen molar-refractivity contribution < 1.29 is 9.53 Å². The summed E-state index contributed by atoms with van der Waals surface area (Å²) in [6.07, 6.45) is 1.47. The second-order valence-electron chi connectivity index (χ2n) is 4.48. The minimum Gasteiger partial charge on any atom is -0.378 e. The summed E-state index contributed by atoms with van der Waals surface area (Å²) in [6.45, 7) is 5.37. The predicted octanol–water partition coefficient (Wildman–Crippen LogP) is 0.0558. The normalized spacial score (nSPS) is 12.8. The number of rotatable bonds is 10. The van der Waals surface area contributed by atoms with Crippen LogP contribution in [0.3, 0.4) is 0 Å². The maximum Gasteiger partial charge on any atom is 0.220 e. The third-order valence-electron chi connectivity index (χ3n) is 2.64. The number of hydrogen-bond acceptors (Lipinski definition) is 4. The van der Waals surface area contributed by atoms with Gasteiger partial charge in [-0.3, -0.25) is 4.79 Å². The van der Waals surface area contributed by atoms with Crippen molar-refractivity contribution in [2.75, 3.05) is 46.9 Å². The molecule has 0 saturated carbocycles. The van der Waals surface area contributed by atoms with E-state index < -0.39 is 0 Å². The lowest BCUT2D eigenvalue weighted by molar-refractivity contribution is -0.122. The fourth-order valence-corrected chi connectivity index (χ4v) is 1.34. The number of ether oxygens (including phenoxy) is 1. The molecule has 0 radical (unpaired) electrons. The van der Waals surface area contributed by atoms with Crippen molar-refractivity contribution >= 4 is 5.91 Å². The van der Waals surface area contributed by atoms with Crippen molar-refractivity contribution in [2.45, 2.75) is 19.8 Å². The molecule has 0 aliphatic rings. The van der Waals surface area contributed by atoms with Crippen LogP contribution in [0.4, 0.5) is 0 Å². The highest BCUT2D eigenvalue weighted by Gasteiger charge is 2.09. The highest BCUT2D eigenvalue weighted by molar-refractivity contribution is 5.76. The second kappa shape index (κ2) is 10.5. The molecule has 102 valence electrons. The van der Waals surface area contributed by atoms with Gasteiger partial charge >= 0.3 is 0 Å². The topological polar surface area (TPSA) is 67.6 Å². The Labute approximate surface area is 105 Å². The monoisotopic (exact) mass is 245 g/mol. The molecule has 0 fully saturated rings. The molecule has 5 nitrogen and oxygen atoms in total. The summed E-state index contributed by atoms with van der Waals surface area (Å²) in [5, 5.41) is 2.84. The smallest absolute Gasteiger partial charge is 0.220 e. The van der Waals surface area contributed by atoms with Gasteiger partial charge in [-0.2, -0.15) is 0 Å². The Morgan fingerprint density at radius 2 is 2.12 bits per heavy atom. The van der Waals surface area contributed by atoms with Crippen LogP contribution in [0.1, 0.15) is 19.8 Å². The van der Waals surface area contributed by atoms with Gasteiger partial charge in [0.1, 0.15) is 0 Å². The second-order valence-corrected chi connectivity index (χ2v) is 4.48. The molecule has 0 aliphatic heterocycles. The van der Waals surface area contributed by atoms with E-state index in [0.29, 0.717) is 38.6 Å². The van der Waals surface area contributed by atoms with Crippen molar-refractivity contribution in [3.63, 3.8) is 0 Å². The van der Waals surface area contributed by atoms with Gasteiger partial charge in [0.05, 0.1) is 13.2 Å². The largest absolute Gasteiger partial charge is 0.378 e. The summed E-state index contributed by atoms with van der Waals surface area (Å²) in [5.74, 6) is 0.364. The van der Waals surface area contributed by atoms with Crippen molar-refractivity contribution in [1.29, 1.82) is 0 Å². The van der Waals surface area contributed by atoms with Crippen molar-refractivity contribution in [3.05, 3.63) is 0 Å². The zero-order chi connectivity index (χ0) is 13.1. The molecule has 1 amide bonds. The fourth-order valence-electron chi connectivity index (χ4n) is 1.34. The van der Waals surface area contributed by atoms with Crippen LogP contribution in [-0.2, 0) is 9.53 Å². The van der Waals surface area contributed by atoms with Crippen LogP contribution in [0, 0.1) is 5.92 Å². The molecule has 3 N–H and O–H groups in total. The summed E-state index contributed by atoms with van der Waals surface area (Å²) in [5.41, 5.74) is 5.54. The van der Waals surface area contributed by atoms with Gasteiger partial charge in [0.2, 0.25) is 5.91 Å². The first-order chi connectivity index (χ1) is 8.10. The van der Waals surface area contributed by atoms with Crippen LogP contribution in [0.5, 0.6) is 0 Å². The molecule has 0 aromatic heterocycles. The van der Waals surface area contributed by atoms with E-state index in [1.54, 1.807) is 0 Å². The molecule has 1 atom stereocenters. The van der Waals surface area contributed by atoms with Crippen molar-refractivity contribution in [3.8, 4) is 0 Å². The lowest BCUT2D eigenvalue weighted by atomic mass is 10.0. The van der Waals surface area contributed by atoms with E-state index in [4.69, 9.17) is 10.5 Å². The maximum atomic E-state index is 11.5. The first-order valence-corrected chi connectivity index (χ1v) is 6.29. The molecule has 0 aromatic rings. The molecule has 0 aromatic carbocycles. The quantitative estimate of drug-likeness (QED) is 0.534. The number of carbonyl (C=O) groups is 1. The predicted molar refractivity (Wildman–Crippen MR) is 69.8 cm³/mol. The van der Waals surface area contributed by atoms with Crippen LogP contribution in [0.2, 0.25) is 0 Å². The Morgan fingerprint density at radius 1 is 1.41 bits per heavy atom. The third-order valence-corrected chi connectivity index (χ3v) is 2.64. The van der Waals surface area contributed by atoms with Crippen LogP contribution in [-0.4, -0.2) is 57.8 Å². The third kappa shape index (κ3) is 10.2. The molecule has 0 heterocycles. The van der Waals surface area contributed by atoms with Crippen molar-refractivity contribution in [1.82, 2.24) is 10.2 Å². The molecule has 0 rings (SSSR count). The zero-order valence-corrected chi connectivity index (χ0v) is 11.4. The number of nitrogens with two attached hydrogens (primary N) is 1. The lowest BCUT2D eigenvalue weighted by Gasteiger charge is -2.12. The molecule has 0 aliphatic carbocycles. The lowest BCUT2D eigenvalue weighted by Crippen LogP contribution is -2.31. The molecular weight excluding hydrogens is 218 g/mol. The van der Waals surface area contributed by atoms with Gasteiger partial charge in [0.15, 0.2) is 0 Å². The average Bonchev–Trinajstić information content (AvgIpc) is 2.30. The van der Waals surface area contributed by atoms with Crippen LogP contribution in [0.15, 0.2) is 0 Å². The standard InChI is InChI=1S/C12H27N3O2/c1-4-11(10-13)9-12(16)14-5-7-17-8-6-15(2)3/h11H,4-10,13H2,1-3H3,(H,14,16). The van der Waals surface area contributed by atoms with Gasteiger partial charge in [0.25, 0.3) is 0 Å². The van der Waals surface area contributed by atoms with E-state index >= 15 is 0 Å². The number of amides is 1. The Hall–Kier alpha value is -0.650. The van der Waals surface area contributed by atoms with Crippen LogP contribution < -0.4 is 11.1 Å². The highest BCUT2D eigenvalue weighted by Crippen LogP contribution is 2.04. The fraction of sp³-hybridized carbons (Fsp3) is 0.917. The molecule has 17 heavy (non-hydrogen) atoms. The van der Waals surface area contributed by atoms with E-state index in [2.05, 4.69) is 17.1 Å². The molecule has 0 saturated heterocycles. The summed E-state index contributed by atoms with van der Waals surface area (Å²) in [6, 6.07) is 0. The zero-order valence-electron chi connectivity index (χ0n) is 11.4. The van der Waals surface area contributed by atoms with Crippen molar-refractivity contribution in [2.24, 2.45) is 11.7 Å². The van der Waals surface area contributed by atoms with Gasteiger partial charge in [-0.05, 0) is 26.6 Å². The molecule has 5 heteroatoms. The van der Waals surface area contributed by atoms with E-state index in [-0.39, 0.29) is 5.91 Å². The minimum atomic E-state index is 0.0681. The van der Waals surface area contributed by atoms with E-state index in [1.165, 1.54) is 0 Å². The summed E-state index contributed by atoms with van der Waals surface area (Å²) in [7, 11) is 4.01. The molecule has 0 spiro atoms. The van der Waals surface area contributed by atoms with Crippen LogP contribution in [0.25, 0.3) is 0 Å². The Morgan fingerprint density at radius 3 is 2.65 bits per heavy atom. The minimum absolute atomic E-state index is 0.0681. The Kier molecular flexibility index (Phi) is 10.1. The highest BCUT2D eigenvalue weighted by atomic mass is 16.5. The van der Waals surface area contributed by atoms with Gasteiger partial charge in [-0.25, -0.2) is 0 Å². The number of nitrogens with zero attached hydrogens (tertiary/aromatic N) is 1. The molecular formula is C12H27N3O2. The molecule has 0 bridgehead atoms. The average molecular weight is 245 g/mol. The van der Waals surface area contributed by atoms with E-state index in [9.17, 15) is 4.79 Å². The van der Waals surface area contributed by atoms with Gasteiger partial charge in [-0.15, -0.1) is 0 Å². The summed E-state index contributed by atoms with van der Waals surface area (Å²) in [4.78, 5) is 13.5. The summed E-state index contributed by atoms with van der Waals surface area (Å²) >= 11 is 0. The molecule has 1 unspecified atom stereocenters. The maximum absolute atomic E-state index is 11.5. The number of carbonyl (C=O) groups excluding carboxylic acids is 1. The van der Waals surface area contributed by atoms with Gasteiger partial charge in [0, 0.05) is 19.5 Å². The SMILES string of the molecule is CCC(CN)CC(=O)NCCOCCN(C)C. The first kappa shape index (κ1) is 16.4. The number of hydrogen-bond donors (Lipinski definition) is 2. The van der Waals surface area contributed by atoms with Crippen LogP contribution >= 0.6 is 0 Å². The number of nitrogens with one attached hydrogen (secondary N) is 1. The van der Waals surface area contributed by atoms with E-state index in [1.807, 2.05) is 14.1 Å². The Bertz CT molecular complexity index is 194. The summed E-state index contributed by atoms with van der Waals surface area (Å²) < 4.78 is 5.37. The van der Waals surface area contributed by atoms with Gasteiger partial charge in [-0.1, -0.05) is 13.3 Å². The van der Waals surface area contributed by atoms with E-state index in [0.717, 1.165) is 13.0 Å². The Balaban J connectivity index is 3.39. The first-order valence-electron chi connectivity index (χ1n) is 6.29.